The smallest absolute Gasteiger partial charge is 0.222 e. The van der Waals surface area contributed by atoms with E-state index in [0.717, 1.165) is 38.8 Å². The van der Waals surface area contributed by atoms with Gasteiger partial charge in [0, 0.05) is 19.5 Å². The van der Waals surface area contributed by atoms with Crippen LogP contribution in [0.1, 0.15) is 124 Å². The van der Waals surface area contributed by atoms with Crippen LogP contribution in [0.15, 0.2) is 12.2 Å². The predicted octanol–water partition coefficient (Wildman–Crippen LogP) is 7.67. The number of allylic oxidation sites excluding steroid dienone is 2. The van der Waals surface area contributed by atoms with Crippen molar-refractivity contribution in [3.63, 3.8) is 0 Å². The summed E-state index contributed by atoms with van der Waals surface area (Å²) >= 11 is 0. The number of nitrogens with zero attached hydrogens (tertiary/aromatic N) is 1. The largest absolute Gasteiger partial charge is 0.343 e. The van der Waals surface area contributed by atoms with Gasteiger partial charge < -0.3 is 4.90 Å². The fourth-order valence-corrected chi connectivity index (χ4v) is 3.41. The Morgan fingerprint density at radius 3 is 1.58 bits per heavy atom. The average molecular weight is 366 g/mol. The molecule has 0 radical (unpaired) electrons. The molecule has 0 saturated carbocycles. The molecule has 0 aromatic heterocycles. The van der Waals surface area contributed by atoms with Crippen LogP contribution in [0.25, 0.3) is 0 Å². The first kappa shape index (κ1) is 25.2. The van der Waals surface area contributed by atoms with E-state index in [-0.39, 0.29) is 0 Å². The van der Waals surface area contributed by atoms with Crippen LogP contribution in [0.4, 0.5) is 0 Å². The summed E-state index contributed by atoms with van der Waals surface area (Å²) in [6.45, 7) is 8.43. The standard InChI is InChI=1S/C24H47NO/c1-4-7-8-9-10-11-12-13-14-15-16-17-18-19-20-21-24(26)25(22-5-2)23-6-3/h13-14H,4-12,15-23H2,1-3H3. The highest BCUT2D eigenvalue weighted by Gasteiger charge is 2.10. The predicted molar refractivity (Wildman–Crippen MR) is 117 cm³/mol. The lowest BCUT2D eigenvalue weighted by Crippen LogP contribution is -2.32. The third-order valence-corrected chi connectivity index (χ3v) is 4.99. The van der Waals surface area contributed by atoms with E-state index in [2.05, 4.69) is 37.8 Å². The lowest BCUT2D eigenvalue weighted by Gasteiger charge is -2.21. The first-order valence-corrected chi connectivity index (χ1v) is 11.7. The van der Waals surface area contributed by atoms with Gasteiger partial charge in [-0.3, -0.25) is 4.79 Å². The molecule has 0 aliphatic rings. The van der Waals surface area contributed by atoms with Gasteiger partial charge in [0.05, 0.1) is 0 Å². The van der Waals surface area contributed by atoms with Gasteiger partial charge in [-0.15, -0.1) is 0 Å². The van der Waals surface area contributed by atoms with Crippen LogP contribution in [0.2, 0.25) is 0 Å². The number of carbonyl (C=O) groups excluding carboxylic acids is 1. The molecule has 0 N–H and O–H groups in total. The summed E-state index contributed by atoms with van der Waals surface area (Å²) in [6, 6.07) is 0. The number of carbonyl (C=O) groups is 1. The third-order valence-electron chi connectivity index (χ3n) is 4.99. The van der Waals surface area contributed by atoms with Gasteiger partial charge in [0.25, 0.3) is 0 Å². The molecule has 0 aliphatic heterocycles. The Bertz CT molecular complexity index is 318. The van der Waals surface area contributed by atoms with E-state index in [1.54, 1.807) is 0 Å². The second-order valence-electron chi connectivity index (χ2n) is 7.72. The van der Waals surface area contributed by atoms with E-state index in [9.17, 15) is 4.79 Å². The quantitative estimate of drug-likeness (QED) is 0.170. The van der Waals surface area contributed by atoms with Crippen molar-refractivity contribution in [3.8, 4) is 0 Å². The first-order valence-electron chi connectivity index (χ1n) is 11.7. The van der Waals surface area contributed by atoms with E-state index < -0.39 is 0 Å². The van der Waals surface area contributed by atoms with Crippen molar-refractivity contribution in [3.05, 3.63) is 12.2 Å². The molecule has 154 valence electrons. The Balaban J connectivity index is 3.39. The first-order chi connectivity index (χ1) is 12.8. The van der Waals surface area contributed by atoms with Gasteiger partial charge in [-0.05, 0) is 44.9 Å². The Hall–Kier alpha value is -0.790. The van der Waals surface area contributed by atoms with Crippen LogP contribution in [0.5, 0.6) is 0 Å². The lowest BCUT2D eigenvalue weighted by atomic mass is 10.1. The maximum Gasteiger partial charge on any atom is 0.222 e. The second kappa shape index (κ2) is 20.5. The number of hydrogen-bond donors (Lipinski definition) is 0. The molecule has 0 heterocycles. The topological polar surface area (TPSA) is 20.3 Å². The summed E-state index contributed by atoms with van der Waals surface area (Å²) in [7, 11) is 0. The molecule has 0 aliphatic carbocycles. The summed E-state index contributed by atoms with van der Waals surface area (Å²) in [5.41, 5.74) is 0. The molecule has 0 saturated heterocycles. The van der Waals surface area contributed by atoms with E-state index in [0.29, 0.717) is 5.91 Å². The highest BCUT2D eigenvalue weighted by molar-refractivity contribution is 5.76. The lowest BCUT2D eigenvalue weighted by molar-refractivity contribution is -0.131. The van der Waals surface area contributed by atoms with E-state index in [1.807, 2.05) is 0 Å². The number of rotatable bonds is 19. The van der Waals surface area contributed by atoms with Crippen molar-refractivity contribution in [2.75, 3.05) is 13.1 Å². The highest BCUT2D eigenvalue weighted by Crippen LogP contribution is 2.11. The molecule has 0 fully saturated rings. The van der Waals surface area contributed by atoms with Crippen LogP contribution < -0.4 is 0 Å². The molecule has 0 rings (SSSR count). The molecular formula is C24H47NO. The van der Waals surface area contributed by atoms with Gasteiger partial charge >= 0.3 is 0 Å². The Morgan fingerprint density at radius 2 is 1.08 bits per heavy atom. The van der Waals surface area contributed by atoms with Crippen molar-refractivity contribution in [1.82, 2.24) is 4.90 Å². The van der Waals surface area contributed by atoms with E-state index in [1.165, 1.54) is 77.0 Å². The van der Waals surface area contributed by atoms with Crippen LogP contribution in [-0.4, -0.2) is 23.9 Å². The fraction of sp³-hybridized carbons (Fsp3) is 0.875. The second-order valence-corrected chi connectivity index (χ2v) is 7.72. The zero-order valence-electron chi connectivity index (χ0n) is 18.2. The molecule has 26 heavy (non-hydrogen) atoms. The third kappa shape index (κ3) is 16.7. The zero-order valence-corrected chi connectivity index (χ0v) is 18.2. The van der Waals surface area contributed by atoms with Crippen molar-refractivity contribution in [1.29, 1.82) is 0 Å². The van der Waals surface area contributed by atoms with Gasteiger partial charge in [-0.25, -0.2) is 0 Å². The number of amides is 1. The summed E-state index contributed by atoms with van der Waals surface area (Å²) < 4.78 is 0. The Kier molecular flexibility index (Phi) is 19.9. The van der Waals surface area contributed by atoms with Crippen molar-refractivity contribution in [2.45, 2.75) is 124 Å². The minimum Gasteiger partial charge on any atom is -0.343 e. The normalized spacial score (nSPS) is 11.3. The summed E-state index contributed by atoms with van der Waals surface area (Å²) in [4.78, 5) is 14.2. The molecule has 2 nitrogen and oxygen atoms in total. The molecule has 0 bridgehead atoms. The van der Waals surface area contributed by atoms with Gasteiger partial charge in [0.15, 0.2) is 0 Å². The number of hydrogen-bond acceptors (Lipinski definition) is 1. The Labute approximate surface area is 164 Å². The van der Waals surface area contributed by atoms with Crippen molar-refractivity contribution in [2.24, 2.45) is 0 Å². The molecule has 0 spiro atoms. The molecule has 0 aromatic carbocycles. The molecule has 2 heteroatoms. The maximum absolute atomic E-state index is 12.2. The molecule has 0 aromatic rings. The number of unbranched alkanes of at least 4 members (excludes halogenated alkanes) is 11. The monoisotopic (exact) mass is 365 g/mol. The van der Waals surface area contributed by atoms with E-state index in [4.69, 9.17) is 0 Å². The minimum atomic E-state index is 0.367. The summed E-state index contributed by atoms with van der Waals surface area (Å²) in [5, 5.41) is 0. The fourth-order valence-electron chi connectivity index (χ4n) is 3.41. The Morgan fingerprint density at radius 1 is 0.615 bits per heavy atom. The summed E-state index contributed by atoms with van der Waals surface area (Å²) in [6.07, 6.45) is 24.6. The molecule has 1 amide bonds. The SMILES string of the molecule is CCCCCCCCC=CCCCCCCCC(=O)N(CCC)CCC. The zero-order chi connectivity index (χ0) is 19.3. The minimum absolute atomic E-state index is 0.367. The average Bonchev–Trinajstić information content (AvgIpc) is 2.64. The van der Waals surface area contributed by atoms with Gasteiger partial charge in [0.1, 0.15) is 0 Å². The summed E-state index contributed by atoms with van der Waals surface area (Å²) in [5.74, 6) is 0.367. The van der Waals surface area contributed by atoms with Crippen LogP contribution >= 0.6 is 0 Å². The van der Waals surface area contributed by atoms with Gasteiger partial charge in [-0.1, -0.05) is 84.3 Å². The molecule has 0 unspecified atom stereocenters. The highest BCUT2D eigenvalue weighted by atomic mass is 16.2. The van der Waals surface area contributed by atoms with Crippen LogP contribution in [0, 0.1) is 0 Å². The van der Waals surface area contributed by atoms with Crippen LogP contribution in [0.3, 0.4) is 0 Å². The van der Waals surface area contributed by atoms with Crippen molar-refractivity contribution < 1.29 is 4.79 Å². The van der Waals surface area contributed by atoms with Gasteiger partial charge in [-0.2, -0.15) is 0 Å². The molecular weight excluding hydrogens is 318 g/mol. The van der Waals surface area contributed by atoms with Crippen molar-refractivity contribution >= 4 is 5.91 Å². The van der Waals surface area contributed by atoms with Crippen LogP contribution in [-0.2, 0) is 4.79 Å². The van der Waals surface area contributed by atoms with Gasteiger partial charge in [0.2, 0.25) is 5.91 Å². The molecule has 0 atom stereocenters. The van der Waals surface area contributed by atoms with E-state index >= 15 is 0 Å². The maximum atomic E-state index is 12.2.